The molecule has 6 aliphatic rings. The Hall–Kier alpha value is -5.24. The molecule has 3 aromatic carbocycles. The molecule has 0 bridgehead atoms. The number of aromatic hydroxyl groups is 1. The van der Waals surface area contributed by atoms with E-state index in [9.17, 15) is 28.7 Å². The maximum absolute atomic E-state index is 16.2. The van der Waals surface area contributed by atoms with Gasteiger partial charge < -0.3 is 24.5 Å². The van der Waals surface area contributed by atoms with Crippen LogP contribution < -0.4 is 24.8 Å². The Labute approximate surface area is 330 Å². The van der Waals surface area contributed by atoms with Gasteiger partial charge in [-0.15, -0.1) is 0 Å². The summed E-state index contributed by atoms with van der Waals surface area (Å²) in [5.74, 6) is -1.91. The molecule has 57 heavy (non-hydrogen) atoms. The number of anilines is 3. The number of ether oxygens (including phenoxy) is 1. The number of amides is 4. The molecule has 5 fully saturated rings. The summed E-state index contributed by atoms with van der Waals surface area (Å²) in [6, 6.07) is 12.0. The van der Waals surface area contributed by atoms with Gasteiger partial charge in [-0.1, -0.05) is 18.9 Å². The fourth-order valence-electron chi connectivity index (χ4n) is 10.4. The van der Waals surface area contributed by atoms with E-state index in [1.165, 1.54) is 23.1 Å². The highest BCUT2D eigenvalue weighted by atomic mass is 19.1. The second-order valence-electron chi connectivity index (χ2n) is 16.6. The molecular weight excluding hydrogens is 735 g/mol. The van der Waals surface area contributed by atoms with Gasteiger partial charge in [0.15, 0.2) is 11.6 Å². The number of nitrogens with zero attached hydrogens (tertiary/aromatic N) is 5. The molecule has 1 saturated carbocycles. The van der Waals surface area contributed by atoms with Gasteiger partial charge in [0.05, 0.1) is 29.9 Å². The first kappa shape index (κ1) is 37.3. The summed E-state index contributed by atoms with van der Waals surface area (Å²) in [6.07, 6.45) is 5.42. The molecule has 4 amide bonds. The Morgan fingerprint density at radius 1 is 0.860 bits per heavy atom. The summed E-state index contributed by atoms with van der Waals surface area (Å²) in [5.41, 5.74) is 2.91. The van der Waals surface area contributed by atoms with Crippen LogP contribution in [0.3, 0.4) is 0 Å². The van der Waals surface area contributed by atoms with Gasteiger partial charge in [-0.3, -0.25) is 34.3 Å². The van der Waals surface area contributed by atoms with Crippen LogP contribution in [0.4, 0.5) is 25.8 Å². The molecular formula is C43H48F2N6O6. The lowest BCUT2D eigenvalue weighted by Gasteiger charge is -2.55. The molecule has 0 radical (unpaired) electrons. The predicted octanol–water partition coefficient (Wildman–Crippen LogP) is 5.13. The molecule has 9 rings (SSSR count). The number of benzene rings is 3. The fourth-order valence-corrected chi connectivity index (χ4v) is 10.4. The van der Waals surface area contributed by atoms with Crippen LogP contribution in [-0.2, 0) is 20.9 Å². The Kier molecular flexibility index (Phi) is 9.57. The summed E-state index contributed by atoms with van der Waals surface area (Å²) in [7, 11) is 1.54. The van der Waals surface area contributed by atoms with Crippen LogP contribution in [-0.4, -0.2) is 97.5 Å². The first-order valence-electron chi connectivity index (χ1n) is 20.2. The van der Waals surface area contributed by atoms with Crippen molar-refractivity contribution in [3.8, 4) is 11.5 Å². The molecule has 14 heteroatoms. The SMILES string of the molecule is COc1cc(N2CCC(CN3CCN(c4ccc5c(c4)CN(C4CCC(=O)NC4=O)C5=O)CC3)CC2)c(F)cc1[C@@H]1N(c2cccc(F)c2O)C(=O)C12CCCC2. The lowest BCUT2D eigenvalue weighted by Crippen LogP contribution is -2.62. The van der Waals surface area contributed by atoms with Crippen molar-refractivity contribution < 1.29 is 37.8 Å². The molecule has 1 spiro atoms. The zero-order valence-electron chi connectivity index (χ0n) is 32.1. The lowest BCUT2D eigenvalue weighted by atomic mass is 9.66. The number of hydrogen-bond donors (Lipinski definition) is 2. The van der Waals surface area contributed by atoms with Gasteiger partial charge in [0, 0.05) is 81.7 Å². The molecule has 0 aromatic heterocycles. The van der Waals surface area contributed by atoms with Gasteiger partial charge in [-0.05, 0) is 80.0 Å². The average Bonchev–Trinajstić information content (AvgIpc) is 3.85. The number of methoxy groups -OCH3 is 1. The van der Waals surface area contributed by atoms with Crippen molar-refractivity contribution in [2.24, 2.45) is 11.3 Å². The highest BCUT2D eigenvalue weighted by Crippen LogP contribution is 2.62. The van der Waals surface area contributed by atoms with Gasteiger partial charge in [0.25, 0.3) is 5.91 Å². The van der Waals surface area contributed by atoms with Crippen molar-refractivity contribution in [1.82, 2.24) is 15.1 Å². The van der Waals surface area contributed by atoms with E-state index in [-0.39, 0.29) is 29.8 Å². The molecule has 5 heterocycles. The van der Waals surface area contributed by atoms with Crippen molar-refractivity contribution in [2.75, 3.05) is 67.6 Å². The third kappa shape index (κ3) is 6.36. The number of β-lactam (4-membered cyclic amide) rings is 1. The van der Waals surface area contributed by atoms with E-state index in [1.807, 2.05) is 12.1 Å². The normalized spacial score (nSPS) is 24.0. The van der Waals surface area contributed by atoms with Crippen molar-refractivity contribution in [3.63, 3.8) is 0 Å². The van der Waals surface area contributed by atoms with Gasteiger partial charge in [-0.25, -0.2) is 8.78 Å². The summed E-state index contributed by atoms with van der Waals surface area (Å²) < 4.78 is 36.5. The van der Waals surface area contributed by atoms with Crippen molar-refractivity contribution >= 4 is 40.7 Å². The van der Waals surface area contributed by atoms with E-state index in [4.69, 9.17) is 4.74 Å². The number of nitrogens with one attached hydrogen (secondary N) is 1. The molecule has 4 saturated heterocycles. The summed E-state index contributed by atoms with van der Waals surface area (Å²) in [5, 5.41) is 13.0. The first-order chi connectivity index (χ1) is 27.6. The minimum absolute atomic E-state index is 0.0820. The third-order valence-corrected chi connectivity index (χ3v) is 13.5. The lowest BCUT2D eigenvalue weighted by molar-refractivity contribution is -0.140. The summed E-state index contributed by atoms with van der Waals surface area (Å²) in [6.45, 7) is 6.23. The Balaban J connectivity index is 0.815. The highest BCUT2D eigenvalue weighted by molar-refractivity contribution is 6.08. The number of piperazine rings is 1. The molecule has 2 atom stereocenters. The molecule has 5 aliphatic heterocycles. The van der Waals surface area contributed by atoms with Crippen molar-refractivity contribution in [2.45, 2.75) is 70.0 Å². The van der Waals surface area contributed by atoms with Gasteiger partial charge in [0.1, 0.15) is 17.6 Å². The van der Waals surface area contributed by atoms with E-state index in [0.717, 1.165) is 75.7 Å². The maximum Gasteiger partial charge on any atom is 0.255 e. The third-order valence-electron chi connectivity index (χ3n) is 13.5. The number of rotatable bonds is 8. The maximum atomic E-state index is 16.2. The van der Waals surface area contributed by atoms with Crippen molar-refractivity contribution in [1.29, 1.82) is 0 Å². The zero-order chi connectivity index (χ0) is 39.6. The summed E-state index contributed by atoms with van der Waals surface area (Å²) in [4.78, 5) is 60.9. The monoisotopic (exact) mass is 782 g/mol. The second-order valence-corrected chi connectivity index (χ2v) is 16.6. The number of hydrogen-bond acceptors (Lipinski definition) is 9. The summed E-state index contributed by atoms with van der Waals surface area (Å²) >= 11 is 0. The minimum Gasteiger partial charge on any atom is -0.503 e. The second kappa shape index (κ2) is 14.6. The number of phenolic OH excluding ortho intramolecular Hbond substituents is 1. The fraction of sp³-hybridized carbons (Fsp3) is 0.488. The van der Waals surface area contributed by atoms with E-state index in [1.54, 1.807) is 18.1 Å². The van der Waals surface area contributed by atoms with Crippen LogP contribution in [0.25, 0.3) is 0 Å². The van der Waals surface area contributed by atoms with E-state index >= 15 is 4.39 Å². The predicted molar refractivity (Wildman–Crippen MR) is 208 cm³/mol. The number of phenols is 1. The topological polar surface area (TPSA) is 126 Å². The Bertz CT molecular complexity index is 2130. The minimum atomic E-state index is -0.817. The highest BCUT2D eigenvalue weighted by Gasteiger charge is 2.63. The number of carbonyl (C=O) groups is 4. The van der Waals surface area contributed by atoms with E-state index < -0.39 is 40.8 Å². The van der Waals surface area contributed by atoms with Gasteiger partial charge in [-0.2, -0.15) is 0 Å². The Morgan fingerprint density at radius 3 is 2.33 bits per heavy atom. The van der Waals surface area contributed by atoms with Gasteiger partial charge >= 0.3 is 0 Å². The average molecular weight is 783 g/mol. The quantitative estimate of drug-likeness (QED) is 0.237. The van der Waals surface area contributed by atoms with Crippen molar-refractivity contribution in [3.05, 3.63) is 76.9 Å². The largest absolute Gasteiger partial charge is 0.503 e. The van der Waals surface area contributed by atoms with Crippen LogP contribution in [0.1, 0.15) is 78.9 Å². The number of piperidine rings is 2. The number of para-hydroxylation sites is 1. The van der Waals surface area contributed by atoms with Crippen LogP contribution in [0.5, 0.6) is 11.5 Å². The zero-order valence-corrected chi connectivity index (χ0v) is 32.1. The van der Waals surface area contributed by atoms with Crippen LogP contribution in [0, 0.1) is 23.0 Å². The smallest absolute Gasteiger partial charge is 0.255 e. The standard InChI is InChI=1S/C43H48F2N6O6/c1-57-36-23-35(32(45)22-30(36)39-43(13-2-3-14-43)42(56)51(39)33-6-4-5-31(44)38(33)53)49-15-11-26(12-16-49)24-47-17-19-48(20-18-47)28-7-8-29-27(21-28)25-50(41(29)55)34-9-10-37(52)46-40(34)54/h4-8,21-23,26,34,39,53H,2-3,9-20,24-25H2,1H3,(H,46,52,54)/t34?,39-/m0/s1. The molecule has 3 aromatic rings. The van der Waals surface area contributed by atoms with Crippen LogP contribution in [0.2, 0.25) is 0 Å². The molecule has 2 N–H and O–H groups in total. The van der Waals surface area contributed by atoms with Gasteiger partial charge in [0.2, 0.25) is 17.7 Å². The van der Waals surface area contributed by atoms with Crippen LogP contribution in [0.15, 0.2) is 48.5 Å². The number of fused-ring (bicyclic) bond motifs is 1. The Morgan fingerprint density at radius 2 is 1.61 bits per heavy atom. The number of imide groups is 1. The van der Waals surface area contributed by atoms with Crippen LogP contribution >= 0.6 is 0 Å². The van der Waals surface area contributed by atoms with E-state index in [0.29, 0.717) is 67.4 Å². The number of halogens is 2. The first-order valence-corrected chi connectivity index (χ1v) is 20.2. The van der Waals surface area contributed by atoms with E-state index in [2.05, 4.69) is 26.1 Å². The molecule has 1 unspecified atom stereocenters. The molecule has 12 nitrogen and oxygen atoms in total. The molecule has 300 valence electrons. The number of carbonyl (C=O) groups excluding carboxylic acids is 4. The molecule has 1 aliphatic carbocycles.